The van der Waals surface area contributed by atoms with Gasteiger partial charge in [0.15, 0.2) is 6.04 Å². The Morgan fingerprint density at radius 3 is 2.54 bits per heavy atom. The molecule has 2 atom stereocenters. The number of carbonyl (C=O) groups excluding carboxylic acids is 2. The van der Waals surface area contributed by atoms with Crippen molar-refractivity contribution in [3.63, 3.8) is 0 Å². The van der Waals surface area contributed by atoms with E-state index in [0.717, 1.165) is 10.4 Å². The van der Waals surface area contributed by atoms with E-state index in [9.17, 15) is 22.8 Å². The van der Waals surface area contributed by atoms with Crippen molar-refractivity contribution in [3.05, 3.63) is 77.5 Å². The van der Waals surface area contributed by atoms with Crippen molar-refractivity contribution in [1.29, 1.82) is 0 Å². The predicted molar refractivity (Wildman–Crippen MR) is 142 cm³/mol. The van der Waals surface area contributed by atoms with Crippen molar-refractivity contribution >= 4 is 23.4 Å². The molecule has 3 aromatic rings. The fourth-order valence-corrected chi connectivity index (χ4v) is 4.42. The predicted octanol–water partition coefficient (Wildman–Crippen LogP) is 5.59. The van der Waals surface area contributed by atoms with Gasteiger partial charge >= 0.3 is 12.1 Å². The summed E-state index contributed by atoms with van der Waals surface area (Å²) >= 11 is 0. The number of fused-ring (bicyclic) bond motifs is 1. The molecule has 0 spiro atoms. The van der Waals surface area contributed by atoms with Crippen LogP contribution in [0.1, 0.15) is 65.6 Å². The van der Waals surface area contributed by atoms with Crippen molar-refractivity contribution < 1.29 is 27.5 Å². The van der Waals surface area contributed by atoms with Crippen molar-refractivity contribution in [1.82, 2.24) is 15.1 Å². The molecule has 0 aliphatic carbocycles. The minimum atomic E-state index is -4.53. The molecule has 4 rings (SSSR count). The second-order valence-corrected chi connectivity index (χ2v) is 10.3. The van der Waals surface area contributed by atoms with Crippen molar-refractivity contribution in [2.45, 2.75) is 45.5 Å². The van der Waals surface area contributed by atoms with Gasteiger partial charge in [-0.3, -0.25) is 4.79 Å². The molecule has 2 unspecified atom stereocenters. The Hall–Kier alpha value is -4.02. The summed E-state index contributed by atoms with van der Waals surface area (Å²) in [6.07, 6.45) is -3.59. The zero-order valence-corrected chi connectivity index (χ0v) is 22.0. The lowest BCUT2D eigenvalue weighted by atomic mass is 9.93. The highest BCUT2D eigenvalue weighted by Crippen LogP contribution is 2.44. The van der Waals surface area contributed by atoms with E-state index in [0.29, 0.717) is 17.7 Å². The number of alkyl halides is 3. The molecule has 39 heavy (non-hydrogen) atoms. The number of esters is 1. The van der Waals surface area contributed by atoms with Crippen LogP contribution in [0.3, 0.4) is 0 Å². The summed E-state index contributed by atoms with van der Waals surface area (Å²) in [6.45, 7) is 6.59. The Morgan fingerprint density at radius 2 is 1.85 bits per heavy atom. The molecular formula is C28H32F3N5O3. The maximum absolute atomic E-state index is 13.9. The maximum Gasteiger partial charge on any atom is 0.410 e. The van der Waals surface area contributed by atoms with Gasteiger partial charge in [-0.15, -0.1) is 0 Å². The zero-order chi connectivity index (χ0) is 28.2. The van der Waals surface area contributed by atoms with E-state index in [4.69, 9.17) is 4.74 Å². The van der Waals surface area contributed by atoms with Crippen LogP contribution in [0.25, 0.3) is 0 Å². The molecule has 0 saturated carbocycles. The van der Waals surface area contributed by atoms with Gasteiger partial charge in [0.1, 0.15) is 11.4 Å². The molecule has 11 heteroatoms. The molecule has 1 aromatic heterocycles. The summed E-state index contributed by atoms with van der Waals surface area (Å²) < 4.78 is 47.7. The number of ether oxygens (including phenoxy) is 1. The summed E-state index contributed by atoms with van der Waals surface area (Å²) in [5.74, 6) is -0.884. The Morgan fingerprint density at radius 1 is 1.10 bits per heavy atom. The third-order valence-corrected chi connectivity index (χ3v) is 6.56. The second-order valence-electron chi connectivity index (χ2n) is 10.3. The van der Waals surface area contributed by atoms with E-state index in [1.807, 2.05) is 19.9 Å². The highest BCUT2D eigenvalue weighted by atomic mass is 19.4. The first-order valence-electron chi connectivity index (χ1n) is 12.7. The van der Waals surface area contributed by atoms with Crippen LogP contribution in [-0.2, 0) is 4.74 Å². The summed E-state index contributed by atoms with van der Waals surface area (Å²) in [4.78, 5) is 25.1. The molecule has 1 aliphatic heterocycles. The van der Waals surface area contributed by atoms with Gasteiger partial charge in [-0.25, -0.2) is 9.48 Å². The molecule has 2 aromatic carbocycles. The van der Waals surface area contributed by atoms with E-state index >= 15 is 0 Å². The lowest BCUT2D eigenvalue weighted by molar-refractivity contribution is -0.173. The molecule has 0 bridgehead atoms. The first kappa shape index (κ1) is 28.0. The lowest BCUT2D eigenvalue weighted by Crippen LogP contribution is -2.39. The summed E-state index contributed by atoms with van der Waals surface area (Å²) in [5.41, 5.74) is 1.47. The number of nitrogens with zero attached hydrogens (tertiary/aromatic N) is 2. The average molecular weight is 544 g/mol. The van der Waals surface area contributed by atoms with Crippen molar-refractivity contribution in [2.75, 3.05) is 30.3 Å². The quantitative estimate of drug-likeness (QED) is 0.305. The maximum atomic E-state index is 13.9. The summed E-state index contributed by atoms with van der Waals surface area (Å²) in [6, 6.07) is 13.3. The normalized spacial score (nSPS) is 17.1. The van der Waals surface area contributed by atoms with Crippen molar-refractivity contribution in [3.8, 4) is 0 Å². The van der Waals surface area contributed by atoms with E-state index in [1.54, 1.807) is 55.5 Å². The number of carbonyl (C=O) groups is 2. The average Bonchev–Trinajstić information content (AvgIpc) is 3.34. The minimum absolute atomic E-state index is 0.0432. The number of aromatic nitrogens is 2. The third kappa shape index (κ3) is 6.71. The van der Waals surface area contributed by atoms with Crippen LogP contribution in [0, 0.1) is 5.41 Å². The van der Waals surface area contributed by atoms with Crippen LogP contribution in [-0.4, -0.2) is 47.5 Å². The highest BCUT2D eigenvalue weighted by Gasteiger charge is 2.47. The SMILES string of the molecule is CCOC(=O)c1cccc(NCC(C)(C)CNC(=O)c2cnn3c2NC(c2ccccc2)CC3C(F)(F)F)c1. The van der Waals surface area contributed by atoms with E-state index in [1.165, 1.54) is 6.20 Å². The van der Waals surface area contributed by atoms with Gasteiger partial charge in [0.25, 0.3) is 5.91 Å². The topological polar surface area (TPSA) is 97.3 Å². The Bertz CT molecular complexity index is 1310. The van der Waals surface area contributed by atoms with Crippen LogP contribution in [0.2, 0.25) is 0 Å². The fraction of sp³-hybridized carbons (Fsp3) is 0.393. The number of amides is 1. The molecule has 3 N–H and O–H groups in total. The monoisotopic (exact) mass is 543 g/mol. The second kappa shape index (κ2) is 11.4. The van der Waals surface area contributed by atoms with Crippen LogP contribution >= 0.6 is 0 Å². The molecule has 1 amide bonds. The Kier molecular flexibility index (Phi) is 8.17. The smallest absolute Gasteiger partial charge is 0.410 e. The van der Waals surface area contributed by atoms with Crippen LogP contribution in [0.5, 0.6) is 0 Å². The van der Waals surface area contributed by atoms with Crippen molar-refractivity contribution in [2.24, 2.45) is 5.41 Å². The standard InChI is InChI=1S/C28H32F3N5O3/c1-4-39-26(38)19-11-8-12-20(13-19)32-16-27(2,3)17-33-25(37)21-15-34-36-23(28(29,30)31)14-22(35-24(21)36)18-9-6-5-7-10-18/h5-13,15,22-23,32,35H,4,14,16-17H2,1-3H3,(H,33,37). The van der Waals surface area contributed by atoms with E-state index in [-0.39, 0.29) is 31.0 Å². The number of benzene rings is 2. The molecular weight excluding hydrogens is 511 g/mol. The van der Waals surface area contributed by atoms with Gasteiger partial charge in [-0.2, -0.15) is 18.3 Å². The Labute approximate surface area is 224 Å². The molecule has 208 valence electrons. The molecule has 1 aliphatic rings. The third-order valence-electron chi connectivity index (χ3n) is 6.56. The van der Waals surface area contributed by atoms with Gasteiger partial charge < -0.3 is 20.7 Å². The van der Waals surface area contributed by atoms with Gasteiger partial charge in [-0.05, 0) is 36.1 Å². The summed E-state index contributed by atoms with van der Waals surface area (Å²) in [5, 5.41) is 13.1. The van der Waals surface area contributed by atoms with E-state index < -0.39 is 35.6 Å². The number of halogens is 3. The number of nitrogens with one attached hydrogen (secondary N) is 3. The van der Waals surface area contributed by atoms with Crippen LogP contribution < -0.4 is 16.0 Å². The molecule has 2 heterocycles. The van der Waals surface area contributed by atoms with Crippen LogP contribution in [0.4, 0.5) is 24.7 Å². The molecule has 0 saturated heterocycles. The number of hydrogen-bond acceptors (Lipinski definition) is 6. The largest absolute Gasteiger partial charge is 0.462 e. The molecule has 0 fully saturated rings. The highest BCUT2D eigenvalue weighted by molar-refractivity contribution is 5.99. The van der Waals surface area contributed by atoms with Gasteiger partial charge in [0.2, 0.25) is 0 Å². The molecule has 0 radical (unpaired) electrons. The first-order chi connectivity index (χ1) is 18.5. The summed E-state index contributed by atoms with van der Waals surface area (Å²) in [7, 11) is 0. The van der Waals surface area contributed by atoms with Gasteiger partial charge in [0, 0.05) is 25.2 Å². The zero-order valence-electron chi connectivity index (χ0n) is 22.0. The number of anilines is 2. The van der Waals surface area contributed by atoms with Gasteiger partial charge in [-0.1, -0.05) is 50.2 Å². The van der Waals surface area contributed by atoms with Gasteiger partial charge in [0.05, 0.1) is 24.4 Å². The Balaban J connectivity index is 1.43. The van der Waals surface area contributed by atoms with E-state index in [2.05, 4.69) is 21.0 Å². The molecule has 8 nitrogen and oxygen atoms in total. The lowest BCUT2D eigenvalue weighted by Gasteiger charge is -2.34. The fourth-order valence-electron chi connectivity index (χ4n) is 4.42. The van der Waals surface area contributed by atoms with Crippen LogP contribution in [0.15, 0.2) is 60.8 Å². The minimum Gasteiger partial charge on any atom is -0.462 e. The first-order valence-corrected chi connectivity index (χ1v) is 12.7. The number of rotatable bonds is 9. The number of hydrogen-bond donors (Lipinski definition) is 3.